The molecule has 0 saturated heterocycles. The molecule has 0 bridgehead atoms. The Balaban J connectivity index is 2.25. The molecule has 0 amide bonds. The Morgan fingerprint density at radius 1 is 0.947 bits per heavy atom. The van der Waals surface area contributed by atoms with E-state index in [1.807, 2.05) is 0 Å². The largest absolute Gasteiger partial charge is 0.207 e. The molecule has 0 aromatic heterocycles. The molecule has 1 atom stereocenters. The van der Waals surface area contributed by atoms with Crippen molar-refractivity contribution in [3.8, 4) is 0 Å². The maximum atomic E-state index is 13.6. The van der Waals surface area contributed by atoms with Gasteiger partial charge in [-0.15, -0.1) is 0 Å². The van der Waals surface area contributed by atoms with E-state index in [0.29, 0.717) is 5.56 Å². The van der Waals surface area contributed by atoms with Gasteiger partial charge in [0, 0.05) is 10.4 Å². The molecule has 0 nitrogen and oxygen atoms in total. The smallest absolute Gasteiger partial charge is 0.194 e. The molecule has 2 aromatic rings. The lowest BCUT2D eigenvalue weighted by Crippen LogP contribution is -2.02. The van der Waals surface area contributed by atoms with E-state index in [2.05, 4.69) is 15.9 Å². The Kier molecular flexibility index (Phi) is 4.24. The summed E-state index contributed by atoms with van der Waals surface area (Å²) in [5.74, 6) is -4.35. The molecule has 2 rings (SSSR count). The summed E-state index contributed by atoms with van der Waals surface area (Å²) in [5, 5.41) is 0. The van der Waals surface area contributed by atoms with Gasteiger partial charge in [-0.3, -0.25) is 0 Å². The molecule has 0 radical (unpaired) electrons. The summed E-state index contributed by atoms with van der Waals surface area (Å²) in [6, 6.07) is 7.86. The summed E-state index contributed by atoms with van der Waals surface area (Å²) in [5.41, 5.74) is 0.633. The second-order valence-corrected chi connectivity index (χ2v) is 5.17. The fraction of sp³-hybridized carbons (Fsp3) is 0.143. The third-order valence-corrected chi connectivity index (χ3v) is 3.52. The molecule has 5 heteroatoms. The molecule has 0 saturated carbocycles. The minimum atomic E-state index is -1.50. The van der Waals surface area contributed by atoms with Crippen molar-refractivity contribution in [1.82, 2.24) is 0 Å². The van der Waals surface area contributed by atoms with Gasteiger partial charge in [0.25, 0.3) is 0 Å². The van der Waals surface area contributed by atoms with E-state index >= 15 is 0 Å². The summed E-state index contributed by atoms with van der Waals surface area (Å²) in [7, 11) is 0. The van der Waals surface area contributed by atoms with Crippen molar-refractivity contribution in [2.24, 2.45) is 0 Å². The zero-order valence-corrected chi connectivity index (χ0v) is 11.2. The normalized spacial score (nSPS) is 12.5. The first-order valence-electron chi connectivity index (χ1n) is 5.51. The Morgan fingerprint density at radius 3 is 2.37 bits per heavy atom. The third-order valence-electron chi connectivity index (χ3n) is 2.71. The number of rotatable bonds is 3. The number of benzene rings is 2. The molecule has 2 aromatic carbocycles. The van der Waals surface area contributed by atoms with Gasteiger partial charge in [0.2, 0.25) is 0 Å². The van der Waals surface area contributed by atoms with Crippen LogP contribution in [-0.2, 0) is 6.42 Å². The molecule has 0 aliphatic rings. The highest BCUT2D eigenvalue weighted by Crippen LogP contribution is 2.30. The van der Waals surface area contributed by atoms with Gasteiger partial charge >= 0.3 is 0 Å². The van der Waals surface area contributed by atoms with Crippen molar-refractivity contribution in [2.45, 2.75) is 11.2 Å². The SMILES string of the molecule is Fc1cccc(CC(Br)c2ccc(F)c(F)c2F)c1. The summed E-state index contributed by atoms with van der Waals surface area (Å²) < 4.78 is 52.5. The van der Waals surface area contributed by atoms with E-state index < -0.39 is 28.1 Å². The summed E-state index contributed by atoms with van der Waals surface area (Å²) in [6.45, 7) is 0. The predicted molar refractivity (Wildman–Crippen MR) is 68.1 cm³/mol. The second kappa shape index (κ2) is 5.74. The maximum absolute atomic E-state index is 13.6. The number of hydrogen-bond donors (Lipinski definition) is 0. The van der Waals surface area contributed by atoms with Crippen LogP contribution in [0.3, 0.4) is 0 Å². The van der Waals surface area contributed by atoms with Gasteiger partial charge in [0.1, 0.15) is 5.82 Å². The molecule has 0 fully saturated rings. The summed E-state index contributed by atoms with van der Waals surface area (Å²) in [6.07, 6.45) is 0.264. The fourth-order valence-electron chi connectivity index (χ4n) is 1.76. The van der Waals surface area contributed by atoms with Gasteiger partial charge in [-0.25, -0.2) is 17.6 Å². The first-order chi connectivity index (χ1) is 8.99. The average molecular weight is 333 g/mol. The summed E-state index contributed by atoms with van der Waals surface area (Å²) in [4.78, 5) is -0.565. The van der Waals surface area contributed by atoms with Crippen LogP contribution in [0.15, 0.2) is 36.4 Å². The number of hydrogen-bond acceptors (Lipinski definition) is 0. The number of alkyl halides is 1. The van der Waals surface area contributed by atoms with Crippen molar-refractivity contribution in [1.29, 1.82) is 0 Å². The standard InChI is InChI=1S/C14H9BrF4/c15-11(7-8-2-1-3-9(16)6-8)10-4-5-12(17)14(19)13(10)18/h1-6,11H,7H2. The Labute approximate surface area is 116 Å². The van der Waals surface area contributed by atoms with Crippen LogP contribution in [-0.4, -0.2) is 0 Å². The van der Waals surface area contributed by atoms with Crippen LogP contribution in [0.4, 0.5) is 17.6 Å². The molecule has 0 N–H and O–H groups in total. The topological polar surface area (TPSA) is 0 Å². The first kappa shape index (κ1) is 14.1. The van der Waals surface area contributed by atoms with Crippen LogP contribution in [0.1, 0.15) is 16.0 Å². The van der Waals surface area contributed by atoms with Crippen molar-refractivity contribution >= 4 is 15.9 Å². The molecule has 0 spiro atoms. The highest BCUT2D eigenvalue weighted by atomic mass is 79.9. The Hall–Kier alpha value is -1.36. The molecule has 0 heterocycles. The molecule has 0 aliphatic carbocycles. The van der Waals surface area contributed by atoms with E-state index in [0.717, 1.165) is 6.07 Å². The van der Waals surface area contributed by atoms with Gasteiger partial charge in [-0.05, 0) is 30.2 Å². The van der Waals surface area contributed by atoms with E-state index in [9.17, 15) is 17.6 Å². The van der Waals surface area contributed by atoms with Crippen molar-refractivity contribution in [2.75, 3.05) is 0 Å². The average Bonchev–Trinajstić information content (AvgIpc) is 2.36. The molecular weight excluding hydrogens is 324 g/mol. The third kappa shape index (κ3) is 3.15. The van der Waals surface area contributed by atoms with Gasteiger partial charge in [0.15, 0.2) is 17.5 Å². The zero-order valence-electron chi connectivity index (χ0n) is 9.64. The highest BCUT2D eigenvalue weighted by molar-refractivity contribution is 9.09. The van der Waals surface area contributed by atoms with Crippen LogP contribution in [0.25, 0.3) is 0 Å². The van der Waals surface area contributed by atoms with Crippen molar-refractivity contribution in [3.05, 3.63) is 70.8 Å². The lowest BCUT2D eigenvalue weighted by molar-refractivity contribution is 0.440. The minimum Gasteiger partial charge on any atom is -0.207 e. The molecular formula is C14H9BrF4. The van der Waals surface area contributed by atoms with E-state index in [4.69, 9.17) is 0 Å². The summed E-state index contributed by atoms with van der Waals surface area (Å²) >= 11 is 3.21. The fourth-order valence-corrected chi connectivity index (χ4v) is 2.49. The molecule has 19 heavy (non-hydrogen) atoms. The predicted octanol–water partition coefficient (Wildman–Crippen LogP) is 4.92. The first-order valence-corrected chi connectivity index (χ1v) is 6.42. The van der Waals surface area contributed by atoms with E-state index in [1.165, 1.54) is 24.3 Å². The maximum Gasteiger partial charge on any atom is 0.194 e. The molecule has 0 aliphatic heterocycles. The van der Waals surface area contributed by atoms with Crippen LogP contribution in [0, 0.1) is 23.3 Å². The minimum absolute atomic E-state index is 0.00293. The van der Waals surface area contributed by atoms with Gasteiger partial charge in [0.05, 0.1) is 0 Å². The van der Waals surface area contributed by atoms with E-state index in [-0.39, 0.29) is 12.0 Å². The Morgan fingerprint density at radius 2 is 1.68 bits per heavy atom. The van der Waals surface area contributed by atoms with Crippen LogP contribution in [0.2, 0.25) is 0 Å². The number of halogens is 5. The van der Waals surface area contributed by atoms with Crippen molar-refractivity contribution in [3.63, 3.8) is 0 Å². The van der Waals surface area contributed by atoms with Crippen LogP contribution < -0.4 is 0 Å². The lowest BCUT2D eigenvalue weighted by atomic mass is 10.0. The quantitative estimate of drug-likeness (QED) is 0.425. The van der Waals surface area contributed by atoms with Crippen LogP contribution >= 0.6 is 15.9 Å². The zero-order chi connectivity index (χ0) is 14.0. The second-order valence-electron chi connectivity index (χ2n) is 4.07. The monoisotopic (exact) mass is 332 g/mol. The van der Waals surface area contributed by atoms with Crippen molar-refractivity contribution < 1.29 is 17.6 Å². The molecule has 100 valence electrons. The highest BCUT2D eigenvalue weighted by Gasteiger charge is 2.19. The lowest BCUT2D eigenvalue weighted by Gasteiger charge is -2.12. The van der Waals surface area contributed by atoms with Crippen LogP contribution in [0.5, 0.6) is 0 Å². The van der Waals surface area contributed by atoms with Gasteiger partial charge in [-0.2, -0.15) is 0 Å². The van der Waals surface area contributed by atoms with Gasteiger partial charge < -0.3 is 0 Å². The van der Waals surface area contributed by atoms with Gasteiger partial charge in [-0.1, -0.05) is 34.1 Å². The Bertz CT molecular complexity index is 598. The molecule has 1 unspecified atom stereocenters. The van der Waals surface area contributed by atoms with E-state index in [1.54, 1.807) is 6.07 Å².